The van der Waals surface area contributed by atoms with E-state index in [4.69, 9.17) is 4.74 Å². The van der Waals surface area contributed by atoms with Gasteiger partial charge in [-0.25, -0.2) is 4.79 Å². The quantitative estimate of drug-likeness (QED) is 0.569. The van der Waals surface area contributed by atoms with Crippen LogP contribution in [0, 0.1) is 0 Å². The Bertz CT molecular complexity index is 245. The Morgan fingerprint density at radius 1 is 1.33 bits per heavy atom. The average molecular weight is 216 g/mol. The Labute approximate surface area is 87.6 Å². The lowest BCUT2D eigenvalue weighted by molar-refractivity contribution is -0.306. The molecule has 1 unspecified atom stereocenters. The number of carboxylic acid groups (broad SMARTS) is 1. The van der Waals surface area contributed by atoms with Crippen molar-refractivity contribution in [3.63, 3.8) is 0 Å². The molecule has 0 aliphatic carbocycles. The van der Waals surface area contributed by atoms with E-state index in [0.717, 1.165) is 0 Å². The fourth-order valence-corrected chi connectivity index (χ4v) is 0.920. The molecule has 1 amide bonds. The smallest absolute Gasteiger partial charge is 0.329 e. The molecule has 0 heterocycles. The van der Waals surface area contributed by atoms with E-state index in [9.17, 15) is 19.5 Å². The second kappa shape index (κ2) is 6.00. The normalized spacial score (nSPS) is 12.0. The highest BCUT2D eigenvalue weighted by Gasteiger charge is 2.21. The standard InChI is InChI=1S/C9H15NO5/c1-5(2)15-9(14)7(4-8(12)13)10-6(3)11/h5,7H,4H2,1-3H3,(H,10,11)(H,12,13)/p-1. The van der Waals surface area contributed by atoms with Crippen molar-refractivity contribution in [3.8, 4) is 0 Å². The van der Waals surface area contributed by atoms with Gasteiger partial charge in [0.15, 0.2) is 0 Å². The molecular weight excluding hydrogens is 202 g/mol. The first-order valence-corrected chi connectivity index (χ1v) is 4.50. The van der Waals surface area contributed by atoms with Crippen LogP contribution in [-0.4, -0.2) is 30.0 Å². The van der Waals surface area contributed by atoms with Crippen LogP contribution < -0.4 is 10.4 Å². The number of carbonyl (C=O) groups is 3. The molecule has 15 heavy (non-hydrogen) atoms. The first kappa shape index (κ1) is 13.4. The summed E-state index contributed by atoms with van der Waals surface area (Å²) < 4.78 is 4.77. The zero-order valence-electron chi connectivity index (χ0n) is 8.90. The van der Waals surface area contributed by atoms with E-state index in [1.807, 2.05) is 0 Å². The molecule has 0 aromatic carbocycles. The molecule has 0 spiro atoms. The van der Waals surface area contributed by atoms with Gasteiger partial charge >= 0.3 is 5.97 Å². The average Bonchev–Trinajstić information content (AvgIpc) is 1.99. The highest BCUT2D eigenvalue weighted by Crippen LogP contribution is 1.98. The van der Waals surface area contributed by atoms with Crippen molar-refractivity contribution >= 4 is 17.8 Å². The summed E-state index contributed by atoms with van der Waals surface area (Å²) in [5.41, 5.74) is 0. The zero-order valence-corrected chi connectivity index (χ0v) is 8.90. The predicted octanol–water partition coefficient (Wildman–Crippen LogP) is -1.42. The number of hydrogen-bond donors (Lipinski definition) is 1. The van der Waals surface area contributed by atoms with Crippen LogP contribution >= 0.6 is 0 Å². The number of nitrogens with one attached hydrogen (secondary N) is 1. The SMILES string of the molecule is CC(=O)NC(CC(=O)[O-])C(=O)OC(C)C. The van der Waals surface area contributed by atoms with Crippen LogP contribution in [-0.2, 0) is 19.1 Å². The van der Waals surface area contributed by atoms with Gasteiger partial charge in [-0.1, -0.05) is 0 Å². The molecule has 0 rings (SSSR count). The van der Waals surface area contributed by atoms with Gasteiger partial charge in [0, 0.05) is 19.3 Å². The molecule has 0 aromatic heterocycles. The largest absolute Gasteiger partial charge is 0.550 e. The van der Waals surface area contributed by atoms with Crippen LogP contribution in [0.15, 0.2) is 0 Å². The summed E-state index contributed by atoms with van der Waals surface area (Å²) in [6.45, 7) is 4.44. The Balaban J connectivity index is 4.40. The molecule has 86 valence electrons. The number of hydrogen-bond acceptors (Lipinski definition) is 5. The molecule has 0 radical (unpaired) electrons. The highest BCUT2D eigenvalue weighted by molar-refractivity contribution is 5.86. The Kier molecular flexibility index (Phi) is 5.36. The van der Waals surface area contributed by atoms with Crippen LogP contribution in [0.2, 0.25) is 0 Å². The van der Waals surface area contributed by atoms with Gasteiger partial charge in [0.1, 0.15) is 6.04 Å². The number of rotatable bonds is 5. The summed E-state index contributed by atoms with van der Waals surface area (Å²) in [7, 11) is 0. The van der Waals surface area contributed by atoms with E-state index < -0.39 is 30.3 Å². The van der Waals surface area contributed by atoms with Gasteiger partial charge in [-0.15, -0.1) is 0 Å². The van der Waals surface area contributed by atoms with Gasteiger partial charge in [-0.3, -0.25) is 4.79 Å². The summed E-state index contributed by atoms with van der Waals surface area (Å²) >= 11 is 0. The zero-order chi connectivity index (χ0) is 12.0. The first-order chi connectivity index (χ1) is 6.82. The second-order valence-electron chi connectivity index (χ2n) is 3.31. The number of carbonyl (C=O) groups excluding carboxylic acids is 3. The maximum atomic E-state index is 11.3. The monoisotopic (exact) mass is 216 g/mol. The molecule has 0 saturated carbocycles. The molecule has 0 fully saturated rings. The molecule has 1 atom stereocenters. The van der Waals surface area contributed by atoms with Gasteiger partial charge in [-0.05, 0) is 13.8 Å². The number of aliphatic carboxylic acids is 1. The van der Waals surface area contributed by atoms with E-state index in [1.54, 1.807) is 13.8 Å². The lowest BCUT2D eigenvalue weighted by atomic mass is 10.2. The highest BCUT2D eigenvalue weighted by atomic mass is 16.5. The molecule has 0 aliphatic rings. The lowest BCUT2D eigenvalue weighted by Gasteiger charge is -2.18. The molecular formula is C9H14NO5-. The third kappa shape index (κ3) is 6.48. The first-order valence-electron chi connectivity index (χ1n) is 4.50. The van der Waals surface area contributed by atoms with E-state index in [2.05, 4.69) is 5.32 Å². The summed E-state index contributed by atoms with van der Waals surface area (Å²) in [4.78, 5) is 32.3. The topological polar surface area (TPSA) is 95.5 Å². The van der Waals surface area contributed by atoms with Crippen LogP contribution in [0.4, 0.5) is 0 Å². The molecule has 0 aromatic rings. The summed E-state index contributed by atoms with van der Waals surface area (Å²) in [5, 5.41) is 12.5. The summed E-state index contributed by atoms with van der Waals surface area (Å²) in [5.74, 6) is -2.69. The van der Waals surface area contributed by atoms with E-state index in [0.29, 0.717) is 0 Å². The van der Waals surface area contributed by atoms with Crippen molar-refractivity contribution in [2.24, 2.45) is 0 Å². The van der Waals surface area contributed by atoms with Gasteiger partial charge < -0.3 is 20.0 Å². The summed E-state index contributed by atoms with van der Waals surface area (Å²) in [6, 6.07) is -1.19. The Morgan fingerprint density at radius 2 is 1.87 bits per heavy atom. The van der Waals surface area contributed by atoms with Crippen molar-refractivity contribution in [1.29, 1.82) is 0 Å². The van der Waals surface area contributed by atoms with Crippen molar-refractivity contribution in [1.82, 2.24) is 5.32 Å². The molecule has 1 N–H and O–H groups in total. The molecule has 0 bridgehead atoms. The van der Waals surface area contributed by atoms with Gasteiger partial charge in [0.05, 0.1) is 6.10 Å². The van der Waals surface area contributed by atoms with Crippen LogP contribution in [0.3, 0.4) is 0 Å². The minimum atomic E-state index is -1.42. The van der Waals surface area contributed by atoms with Crippen molar-refractivity contribution in [3.05, 3.63) is 0 Å². The van der Waals surface area contributed by atoms with Crippen molar-refractivity contribution < 1.29 is 24.2 Å². The van der Waals surface area contributed by atoms with Crippen LogP contribution in [0.1, 0.15) is 27.2 Å². The third-order valence-electron chi connectivity index (χ3n) is 1.38. The number of esters is 1. The van der Waals surface area contributed by atoms with E-state index >= 15 is 0 Å². The van der Waals surface area contributed by atoms with Crippen molar-refractivity contribution in [2.75, 3.05) is 0 Å². The summed E-state index contributed by atoms with van der Waals surface area (Å²) in [6.07, 6.45) is -0.957. The molecule has 6 nitrogen and oxygen atoms in total. The predicted molar refractivity (Wildman–Crippen MR) is 48.5 cm³/mol. The van der Waals surface area contributed by atoms with Gasteiger partial charge in [0.25, 0.3) is 0 Å². The van der Waals surface area contributed by atoms with Crippen LogP contribution in [0.25, 0.3) is 0 Å². The Morgan fingerprint density at radius 3 is 2.20 bits per heavy atom. The number of amides is 1. The number of ether oxygens (including phenoxy) is 1. The lowest BCUT2D eigenvalue weighted by Crippen LogP contribution is -2.45. The molecule has 6 heteroatoms. The van der Waals surface area contributed by atoms with Gasteiger partial charge in [-0.2, -0.15) is 0 Å². The molecule has 0 saturated heterocycles. The minimum absolute atomic E-state index is 0.365. The molecule has 0 aliphatic heterocycles. The van der Waals surface area contributed by atoms with E-state index in [-0.39, 0.29) is 6.10 Å². The fourth-order valence-electron chi connectivity index (χ4n) is 0.920. The minimum Gasteiger partial charge on any atom is -0.550 e. The maximum absolute atomic E-state index is 11.3. The van der Waals surface area contributed by atoms with E-state index in [1.165, 1.54) is 6.92 Å². The second-order valence-corrected chi connectivity index (χ2v) is 3.31. The maximum Gasteiger partial charge on any atom is 0.329 e. The van der Waals surface area contributed by atoms with Gasteiger partial charge in [0.2, 0.25) is 5.91 Å². The van der Waals surface area contributed by atoms with Crippen molar-refractivity contribution in [2.45, 2.75) is 39.3 Å². The van der Waals surface area contributed by atoms with Crippen LogP contribution in [0.5, 0.6) is 0 Å². The Hall–Kier alpha value is -1.59. The fraction of sp³-hybridized carbons (Fsp3) is 0.667. The third-order valence-corrected chi connectivity index (χ3v) is 1.38. The number of carboxylic acids is 1.